The number of carbonyl (C=O) groups is 1. The summed E-state index contributed by atoms with van der Waals surface area (Å²) < 4.78 is 0. The molecule has 2 N–H and O–H groups in total. The maximum absolute atomic E-state index is 12.5. The number of nitrogens with one attached hydrogen (secondary N) is 2. The minimum atomic E-state index is -0.0901. The second kappa shape index (κ2) is 4.25. The first-order chi connectivity index (χ1) is 10.2. The van der Waals surface area contributed by atoms with Gasteiger partial charge in [0.05, 0.1) is 0 Å². The molecule has 0 radical (unpaired) electrons. The van der Waals surface area contributed by atoms with Gasteiger partial charge in [-0.25, -0.2) is 9.78 Å². The molecule has 0 unspecified atom stereocenters. The van der Waals surface area contributed by atoms with Crippen molar-refractivity contribution in [3.8, 4) is 0 Å². The van der Waals surface area contributed by atoms with Gasteiger partial charge in [-0.1, -0.05) is 20.8 Å². The van der Waals surface area contributed by atoms with E-state index < -0.39 is 0 Å². The maximum atomic E-state index is 12.5. The largest absolute Gasteiger partial charge is 0.332 e. The Morgan fingerprint density at radius 1 is 1.05 bits per heavy atom. The van der Waals surface area contributed by atoms with Crippen molar-refractivity contribution in [1.29, 1.82) is 0 Å². The van der Waals surface area contributed by atoms with Crippen molar-refractivity contribution in [2.45, 2.75) is 64.8 Å². The predicted octanol–water partition coefficient (Wildman–Crippen LogP) is 4.40. The number of hydrogen-bond donors (Lipinski definition) is 2. The molecule has 5 heteroatoms. The van der Waals surface area contributed by atoms with E-state index in [1.807, 2.05) is 5.38 Å². The van der Waals surface area contributed by atoms with E-state index in [1.54, 1.807) is 6.20 Å². The number of anilines is 1. The van der Waals surface area contributed by atoms with E-state index >= 15 is 0 Å². The van der Waals surface area contributed by atoms with Crippen LogP contribution in [0.25, 0.3) is 0 Å². The number of thiazole rings is 1. The molecule has 2 amide bonds. The quantitative estimate of drug-likeness (QED) is 0.848. The Morgan fingerprint density at radius 3 is 2.05 bits per heavy atom. The molecule has 1 heterocycles. The van der Waals surface area contributed by atoms with Gasteiger partial charge in [-0.15, -0.1) is 11.3 Å². The Bertz CT molecular complexity index is 558. The third kappa shape index (κ3) is 2.34. The lowest BCUT2D eigenvalue weighted by atomic mass is 9.38. The molecule has 22 heavy (non-hydrogen) atoms. The molecule has 120 valence electrons. The zero-order valence-electron chi connectivity index (χ0n) is 13.7. The summed E-state index contributed by atoms with van der Waals surface area (Å²) >= 11 is 1.46. The highest BCUT2D eigenvalue weighted by atomic mass is 32.1. The first-order valence-corrected chi connectivity index (χ1v) is 9.08. The van der Waals surface area contributed by atoms with Crippen LogP contribution in [0.5, 0.6) is 0 Å². The minimum Gasteiger partial charge on any atom is -0.332 e. The van der Waals surface area contributed by atoms with Gasteiger partial charge in [-0.2, -0.15) is 0 Å². The summed E-state index contributed by atoms with van der Waals surface area (Å²) in [7, 11) is 0. The molecule has 4 bridgehead atoms. The lowest BCUT2D eigenvalue weighted by Crippen LogP contribution is -2.68. The maximum Gasteiger partial charge on any atom is 0.321 e. The number of nitrogens with zero attached hydrogens (tertiary/aromatic N) is 1. The highest BCUT2D eigenvalue weighted by Crippen LogP contribution is 2.70. The molecule has 0 spiro atoms. The van der Waals surface area contributed by atoms with Gasteiger partial charge in [0.15, 0.2) is 5.13 Å². The number of amides is 2. The number of urea groups is 1. The van der Waals surface area contributed by atoms with E-state index in [0.29, 0.717) is 21.4 Å². The van der Waals surface area contributed by atoms with Crippen molar-refractivity contribution < 1.29 is 4.79 Å². The molecule has 1 aromatic heterocycles. The molecule has 4 nitrogen and oxygen atoms in total. The van der Waals surface area contributed by atoms with E-state index in [2.05, 4.69) is 36.4 Å². The lowest BCUT2D eigenvalue weighted by molar-refractivity contribution is -0.154. The Balaban J connectivity index is 1.57. The van der Waals surface area contributed by atoms with Crippen LogP contribution in [0, 0.1) is 16.2 Å². The summed E-state index contributed by atoms with van der Waals surface area (Å²) in [6.07, 6.45) is 9.02. The summed E-state index contributed by atoms with van der Waals surface area (Å²) in [6.45, 7) is 7.28. The topological polar surface area (TPSA) is 54.0 Å². The Labute approximate surface area is 136 Å². The normalized spacial score (nSPS) is 45.8. The summed E-state index contributed by atoms with van der Waals surface area (Å²) in [4.78, 5) is 16.6. The minimum absolute atomic E-state index is 0.0334. The SMILES string of the molecule is CC12CC3(C)CC(C)(C1)CC(NC(=O)Nc1nccs1)(C2)C3. The second-order valence-electron chi connectivity index (χ2n) is 9.19. The first-order valence-electron chi connectivity index (χ1n) is 8.20. The van der Waals surface area contributed by atoms with Crippen LogP contribution in [-0.4, -0.2) is 16.6 Å². The fourth-order valence-electron chi connectivity index (χ4n) is 7.08. The van der Waals surface area contributed by atoms with E-state index in [-0.39, 0.29) is 11.6 Å². The van der Waals surface area contributed by atoms with Gasteiger partial charge >= 0.3 is 6.03 Å². The number of aromatic nitrogens is 1. The molecule has 0 aliphatic heterocycles. The zero-order valence-corrected chi connectivity index (χ0v) is 14.5. The lowest BCUT2D eigenvalue weighted by Gasteiger charge is -2.69. The smallest absolute Gasteiger partial charge is 0.321 e. The van der Waals surface area contributed by atoms with Gasteiger partial charge in [0, 0.05) is 17.1 Å². The third-order valence-electron chi connectivity index (χ3n) is 5.89. The van der Waals surface area contributed by atoms with Crippen LogP contribution in [0.4, 0.5) is 9.93 Å². The summed E-state index contributed by atoms with van der Waals surface area (Å²) in [5, 5.41) is 8.80. The summed E-state index contributed by atoms with van der Waals surface area (Å²) in [6, 6.07) is -0.0901. The molecule has 0 atom stereocenters. The highest BCUT2D eigenvalue weighted by Gasteiger charge is 2.64. The Morgan fingerprint density at radius 2 is 1.59 bits per heavy atom. The molecular weight excluding hydrogens is 294 g/mol. The molecule has 5 rings (SSSR count). The zero-order chi connectivity index (χ0) is 15.6. The van der Waals surface area contributed by atoms with E-state index in [4.69, 9.17) is 0 Å². The van der Waals surface area contributed by atoms with Gasteiger partial charge in [0.1, 0.15) is 0 Å². The number of carbonyl (C=O) groups excluding carboxylic acids is 1. The summed E-state index contributed by atoms with van der Waals surface area (Å²) in [5.41, 5.74) is 1.11. The molecule has 0 aromatic carbocycles. The van der Waals surface area contributed by atoms with Crippen LogP contribution >= 0.6 is 11.3 Å². The second-order valence-corrected chi connectivity index (χ2v) is 10.1. The van der Waals surface area contributed by atoms with E-state index in [9.17, 15) is 4.79 Å². The van der Waals surface area contributed by atoms with Gasteiger partial charge in [-0.05, 0) is 54.8 Å². The average Bonchev–Trinajstić information content (AvgIpc) is 2.72. The van der Waals surface area contributed by atoms with Gasteiger partial charge in [0.2, 0.25) is 0 Å². The molecule has 4 aliphatic carbocycles. The van der Waals surface area contributed by atoms with Crippen molar-refractivity contribution in [2.24, 2.45) is 16.2 Å². The highest BCUT2D eigenvalue weighted by molar-refractivity contribution is 7.13. The third-order valence-corrected chi connectivity index (χ3v) is 6.58. The Hall–Kier alpha value is -1.10. The molecule has 0 saturated heterocycles. The molecule has 4 fully saturated rings. The number of rotatable bonds is 2. The van der Waals surface area contributed by atoms with Crippen molar-refractivity contribution in [3.63, 3.8) is 0 Å². The van der Waals surface area contributed by atoms with Crippen molar-refractivity contribution in [1.82, 2.24) is 10.3 Å². The van der Waals surface area contributed by atoms with Gasteiger partial charge in [-0.3, -0.25) is 5.32 Å². The van der Waals surface area contributed by atoms with Crippen LogP contribution in [0.15, 0.2) is 11.6 Å². The van der Waals surface area contributed by atoms with Crippen molar-refractivity contribution >= 4 is 22.5 Å². The van der Waals surface area contributed by atoms with Crippen LogP contribution in [0.2, 0.25) is 0 Å². The van der Waals surface area contributed by atoms with Gasteiger partial charge in [0.25, 0.3) is 0 Å². The van der Waals surface area contributed by atoms with Crippen LogP contribution in [0.3, 0.4) is 0 Å². The van der Waals surface area contributed by atoms with Crippen LogP contribution in [0.1, 0.15) is 59.3 Å². The summed E-state index contributed by atoms with van der Waals surface area (Å²) in [5.74, 6) is 0. The molecule has 4 saturated carbocycles. The van der Waals surface area contributed by atoms with Crippen molar-refractivity contribution in [3.05, 3.63) is 11.6 Å². The fourth-order valence-corrected chi connectivity index (χ4v) is 7.60. The average molecular weight is 319 g/mol. The fraction of sp³-hybridized carbons (Fsp3) is 0.765. The number of hydrogen-bond acceptors (Lipinski definition) is 3. The van der Waals surface area contributed by atoms with Crippen LogP contribution in [-0.2, 0) is 0 Å². The van der Waals surface area contributed by atoms with E-state index in [1.165, 1.54) is 30.6 Å². The van der Waals surface area contributed by atoms with Crippen LogP contribution < -0.4 is 10.6 Å². The molecule has 1 aromatic rings. The van der Waals surface area contributed by atoms with E-state index in [0.717, 1.165) is 19.3 Å². The molecular formula is C17H25N3OS. The van der Waals surface area contributed by atoms with Gasteiger partial charge < -0.3 is 5.32 Å². The first kappa shape index (κ1) is 14.5. The van der Waals surface area contributed by atoms with Crippen molar-refractivity contribution in [2.75, 3.05) is 5.32 Å². The Kier molecular flexibility index (Phi) is 2.80. The monoisotopic (exact) mass is 319 g/mol. The standard InChI is InChI=1S/C17H25N3OS/c1-14-6-15(2)8-16(3,7-14)11-17(9-14,10-15)20-12(21)19-13-18-4-5-22-13/h4-5H,6-11H2,1-3H3,(H2,18,19,20,21). The predicted molar refractivity (Wildman–Crippen MR) is 89.0 cm³/mol. The molecule has 4 aliphatic rings.